The number of carbonyl (C=O) groups is 2. The average Bonchev–Trinajstić information content (AvgIpc) is 2.61. The lowest BCUT2D eigenvalue weighted by Gasteiger charge is -2.02. The fourth-order valence-corrected chi connectivity index (χ4v) is 1.87. The highest BCUT2D eigenvalue weighted by atomic mass is 16.5. The van der Waals surface area contributed by atoms with Crippen molar-refractivity contribution in [2.45, 2.75) is 13.8 Å². The van der Waals surface area contributed by atoms with E-state index < -0.39 is 0 Å². The molecule has 0 bridgehead atoms. The van der Waals surface area contributed by atoms with E-state index in [2.05, 4.69) is 10.2 Å². The van der Waals surface area contributed by atoms with E-state index in [1.165, 1.54) is 0 Å². The number of hydrogen-bond donors (Lipinski definition) is 0. The molecule has 0 saturated carbocycles. The first-order valence-electron chi connectivity index (χ1n) is 7.60. The van der Waals surface area contributed by atoms with Gasteiger partial charge in [-0.1, -0.05) is 0 Å². The maximum absolute atomic E-state index is 11.6. The molecule has 0 fully saturated rings. The van der Waals surface area contributed by atoms with Crippen LogP contribution in [0, 0.1) is 0 Å². The minimum atomic E-state index is -0.365. The first kappa shape index (κ1) is 17.3. The number of nitrogens with zero attached hydrogens (tertiary/aromatic N) is 2. The average molecular weight is 326 g/mol. The first-order chi connectivity index (χ1) is 11.6. The SMILES string of the molecule is CCOC(=O)c1ccc(N=Nc2ccc(C(=O)OCC)cc2)cc1. The first-order valence-corrected chi connectivity index (χ1v) is 7.60. The standard InChI is InChI=1S/C18H18N2O4/c1-3-23-17(21)13-5-9-15(10-6-13)19-20-16-11-7-14(8-12-16)18(22)24-4-2/h5-12H,3-4H2,1-2H3. The zero-order valence-electron chi connectivity index (χ0n) is 13.6. The van der Waals surface area contributed by atoms with Crippen molar-refractivity contribution in [3.8, 4) is 0 Å². The van der Waals surface area contributed by atoms with Crippen molar-refractivity contribution in [1.29, 1.82) is 0 Å². The summed E-state index contributed by atoms with van der Waals surface area (Å²) < 4.78 is 9.83. The summed E-state index contributed by atoms with van der Waals surface area (Å²) >= 11 is 0. The summed E-state index contributed by atoms with van der Waals surface area (Å²) in [4.78, 5) is 23.1. The minimum Gasteiger partial charge on any atom is -0.462 e. The summed E-state index contributed by atoms with van der Waals surface area (Å²) in [6, 6.07) is 13.3. The molecule has 2 rings (SSSR count). The number of hydrogen-bond acceptors (Lipinski definition) is 6. The van der Waals surface area contributed by atoms with E-state index >= 15 is 0 Å². The minimum absolute atomic E-state index is 0.335. The maximum Gasteiger partial charge on any atom is 0.338 e. The highest BCUT2D eigenvalue weighted by Gasteiger charge is 2.06. The molecular weight excluding hydrogens is 308 g/mol. The van der Waals surface area contributed by atoms with Crippen LogP contribution in [0.4, 0.5) is 11.4 Å². The van der Waals surface area contributed by atoms with E-state index in [0.29, 0.717) is 35.7 Å². The second-order valence-electron chi connectivity index (χ2n) is 4.73. The monoisotopic (exact) mass is 326 g/mol. The molecule has 0 spiro atoms. The summed E-state index contributed by atoms with van der Waals surface area (Å²) in [6.07, 6.45) is 0. The quantitative estimate of drug-likeness (QED) is 0.580. The molecule has 0 N–H and O–H groups in total. The molecule has 0 aliphatic heterocycles. The van der Waals surface area contributed by atoms with Crippen molar-refractivity contribution >= 4 is 23.3 Å². The molecule has 0 unspecified atom stereocenters. The van der Waals surface area contributed by atoms with Crippen LogP contribution in [0.25, 0.3) is 0 Å². The van der Waals surface area contributed by atoms with Gasteiger partial charge < -0.3 is 9.47 Å². The van der Waals surface area contributed by atoms with Crippen LogP contribution in [0.15, 0.2) is 58.8 Å². The van der Waals surface area contributed by atoms with E-state index in [0.717, 1.165) is 0 Å². The van der Waals surface area contributed by atoms with Gasteiger partial charge in [0, 0.05) is 0 Å². The van der Waals surface area contributed by atoms with Crippen molar-refractivity contribution in [3.63, 3.8) is 0 Å². The van der Waals surface area contributed by atoms with Gasteiger partial charge >= 0.3 is 11.9 Å². The summed E-state index contributed by atoms with van der Waals surface area (Å²) in [6.45, 7) is 4.19. The van der Waals surface area contributed by atoms with Crippen molar-refractivity contribution in [3.05, 3.63) is 59.7 Å². The lowest BCUT2D eigenvalue weighted by Crippen LogP contribution is -2.03. The summed E-state index contributed by atoms with van der Waals surface area (Å²) in [7, 11) is 0. The van der Waals surface area contributed by atoms with E-state index in [1.54, 1.807) is 62.4 Å². The Morgan fingerprint density at radius 3 is 1.33 bits per heavy atom. The van der Waals surface area contributed by atoms with E-state index in [4.69, 9.17) is 9.47 Å². The number of carbonyl (C=O) groups excluding carboxylic acids is 2. The molecule has 0 aromatic heterocycles. The van der Waals surface area contributed by atoms with Crippen LogP contribution in [-0.2, 0) is 9.47 Å². The zero-order valence-corrected chi connectivity index (χ0v) is 13.6. The normalized spacial score (nSPS) is 10.6. The Kier molecular flexibility index (Phi) is 6.19. The Balaban J connectivity index is 2.02. The second-order valence-corrected chi connectivity index (χ2v) is 4.73. The number of benzene rings is 2. The molecule has 0 radical (unpaired) electrons. The van der Waals surface area contributed by atoms with Crippen molar-refractivity contribution in [2.24, 2.45) is 10.2 Å². The fourth-order valence-electron chi connectivity index (χ4n) is 1.87. The van der Waals surface area contributed by atoms with Gasteiger partial charge in [0.2, 0.25) is 0 Å². The molecule has 0 heterocycles. The summed E-state index contributed by atoms with van der Waals surface area (Å²) in [5.74, 6) is -0.730. The van der Waals surface area contributed by atoms with Gasteiger partial charge in [0.25, 0.3) is 0 Å². The third kappa shape index (κ3) is 4.74. The zero-order chi connectivity index (χ0) is 17.4. The maximum atomic E-state index is 11.6. The Bertz CT molecular complexity index is 658. The van der Waals surface area contributed by atoms with Gasteiger partial charge in [0.1, 0.15) is 0 Å². The van der Waals surface area contributed by atoms with Crippen LogP contribution in [0.1, 0.15) is 34.6 Å². The van der Waals surface area contributed by atoms with Crippen LogP contribution in [-0.4, -0.2) is 25.2 Å². The number of ether oxygens (including phenoxy) is 2. The van der Waals surface area contributed by atoms with E-state index in [1.807, 2.05) is 0 Å². The van der Waals surface area contributed by atoms with Crippen LogP contribution in [0.3, 0.4) is 0 Å². The number of esters is 2. The molecule has 0 aliphatic carbocycles. The smallest absolute Gasteiger partial charge is 0.338 e. The van der Waals surface area contributed by atoms with Crippen molar-refractivity contribution in [2.75, 3.05) is 13.2 Å². The van der Waals surface area contributed by atoms with Crippen molar-refractivity contribution in [1.82, 2.24) is 0 Å². The predicted molar refractivity (Wildman–Crippen MR) is 89.0 cm³/mol. The Labute approximate surface area is 140 Å². The Morgan fingerprint density at radius 1 is 0.708 bits per heavy atom. The Morgan fingerprint density at radius 2 is 1.04 bits per heavy atom. The van der Waals surface area contributed by atoms with Gasteiger partial charge in [-0.2, -0.15) is 10.2 Å². The molecular formula is C18H18N2O4. The van der Waals surface area contributed by atoms with Gasteiger partial charge in [0.05, 0.1) is 35.7 Å². The lowest BCUT2D eigenvalue weighted by molar-refractivity contribution is 0.0517. The number of azo groups is 1. The molecule has 24 heavy (non-hydrogen) atoms. The summed E-state index contributed by atoms with van der Waals surface area (Å²) in [5, 5.41) is 8.18. The topological polar surface area (TPSA) is 77.3 Å². The van der Waals surface area contributed by atoms with Gasteiger partial charge in [-0.3, -0.25) is 0 Å². The Hall–Kier alpha value is -3.02. The highest BCUT2D eigenvalue weighted by molar-refractivity contribution is 5.90. The van der Waals surface area contributed by atoms with Gasteiger partial charge in [-0.15, -0.1) is 0 Å². The molecule has 2 aromatic rings. The molecule has 0 saturated heterocycles. The highest BCUT2D eigenvalue weighted by Crippen LogP contribution is 2.19. The van der Waals surface area contributed by atoms with Crippen LogP contribution < -0.4 is 0 Å². The van der Waals surface area contributed by atoms with Crippen molar-refractivity contribution < 1.29 is 19.1 Å². The molecule has 0 amide bonds. The van der Waals surface area contributed by atoms with Crippen LogP contribution in [0.2, 0.25) is 0 Å². The van der Waals surface area contributed by atoms with Gasteiger partial charge in [-0.25, -0.2) is 9.59 Å². The van der Waals surface area contributed by atoms with Gasteiger partial charge in [-0.05, 0) is 62.4 Å². The second kappa shape index (κ2) is 8.57. The van der Waals surface area contributed by atoms with Crippen LogP contribution >= 0.6 is 0 Å². The molecule has 0 atom stereocenters. The molecule has 124 valence electrons. The van der Waals surface area contributed by atoms with E-state index in [-0.39, 0.29) is 11.9 Å². The summed E-state index contributed by atoms with van der Waals surface area (Å²) in [5.41, 5.74) is 2.15. The molecule has 6 nitrogen and oxygen atoms in total. The van der Waals surface area contributed by atoms with E-state index in [9.17, 15) is 9.59 Å². The molecule has 6 heteroatoms. The third-order valence-electron chi connectivity index (χ3n) is 3.04. The van der Waals surface area contributed by atoms with Crippen LogP contribution in [0.5, 0.6) is 0 Å². The lowest BCUT2D eigenvalue weighted by atomic mass is 10.2. The molecule has 2 aromatic carbocycles. The third-order valence-corrected chi connectivity index (χ3v) is 3.04. The predicted octanol–water partition coefficient (Wildman–Crippen LogP) is 4.46. The number of rotatable bonds is 6. The largest absolute Gasteiger partial charge is 0.462 e. The van der Waals surface area contributed by atoms with Gasteiger partial charge in [0.15, 0.2) is 0 Å². The molecule has 0 aliphatic rings. The fraction of sp³-hybridized carbons (Fsp3) is 0.222.